The van der Waals surface area contributed by atoms with Crippen molar-refractivity contribution in [2.24, 2.45) is 0 Å². The van der Waals surface area contributed by atoms with Gasteiger partial charge in [-0.1, -0.05) is 138 Å². The summed E-state index contributed by atoms with van der Waals surface area (Å²) >= 11 is 0. The fourth-order valence-electron chi connectivity index (χ4n) is 4.35. The minimum Gasteiger partial charge on any atom is -0.304 e. The maximum atomic E-state index is 2.79. The predicted molar refractivity (Wildman–Crippen MR) is 150 cm³/mol. The summed E-state index contributed by atoms with van der Waals surface area (Å²) in [5, 5.41) is 0. The highest BCUT2D eigenvalue weighted by Gasteiger charge is 2.05. The highest BCUT2D eigenvalue weighted by Crippen LogP contribution is 2.11. The molecule has 0 saturated heterocycles. The van der Waals surface area contributed by atoms with Gasteiger partial charge in [-0.2, -0.15) is 0 Å². The van der Waals surface area contributed by atoms with Crippen molar-refractivity contribution in [3.63, 3.8) is 0 Å². The van der Waals surface area contributed by atoms with Crippen LogP contribution >= 0.6 is 0 Å². The lowest BCUT2D eigenvalue weighted by molar-refractivity contribution is 0.254. The largest absolute Gasteiger partial charge is 0.304 e. The van der Waals surface area contributed by atoms with E-state index in [9.17, 15) is 0 Å². The van der Waals surface area contributed by atoms with Crippen LogP contribution in [0.2, 0.25) is 0 Å². The third kappa shape index (κ3) is 28.0. The van der Waals surface area contributed by atoms with Gasteiger partial charge in [0, 0.05) is 0 Å². The van der Waals surface area contributed by atoms with Crippen LogP contribution in [0.3, 0.4) is 0 Å². The Bertz CT molecular complexity index is 258. The molecule has 2 nitrogen and oxygen atoms in total. The van der Waals surface area contributed by atoms with Gasteiger partial charge in [0.1, 0.15) is 0 Å². The zero-order valence-electron chi connectivity index (χ0n) is 23.9. The van der Waals surface area contributed by atoms with Gasteiger partial charge in [-0.3, -0.25) is 0 Å². The predicted octanol–water partition coefficient (Wildman–Crippen LogP) is 9.72. The van der Waals surface area contributed by atoms with Crippen LogP contribution in [0, 0.1) is 0 Å². The van der Waals surface area contributed by atoms with Crippen molar-refractivity contribution in [3.8, 4) is 0 Å². The first-order valence-corrected chi connectivity index (χ1v) is 15.1. The molecule has 196 valence electrons. The Kier molecular flexibility index (Phi) is 32.9. The van der Waals surface area contributed by atoms with Crippen molar-refractivity contribution in [1.29, 1.82) is 0 Å². The fraction of sp³-hybridized carbons (Fsp3) is 1.00. The average molecular weight is 455 g/mol. The molecule has 0 aromatic rings. The molecule has 0 unspecified atom stereocenters. The molecule has 0 spiro atoms. The lowest BCUT2D eigenvalue weighted by Gasteiger charge is -2.22. The van der Waals surface area contributed by atoms with Crippen molar-refractivity contribution >= 4 is 0 Å². The van der Waals surface area contributed by atoms with Gasteiger partial charge in [-0.05, 0) is 58.5 Å². The maximum absolute atomic E-state index is 2.79. The standard InChI is InChI=1S/C24H51N.C6H15N/c1-4-7-10-13-16-19-22-25(23-20-17-14-11-8-5-2)24-21-18-15-12-9-6-3;1-4-7(5-2)6-3/h4-24H2,1-3H3;4-6H2,1-3H3. The first-order chi connectivity index (χ1) is 15.7. The summed E-state index contributed by atoms with van der Waals surface area (Å²) in [6.45, 7) is 21.1. The monoisotopic (exact) mass is 455 g/mol. The first-order valence-electron chi connectivity index (χ1n) is 15.1. The lowest BCUT2D eigenvalue weighted by Crippen LogP contribution is -2.27. The van der Waals surface area contributed by atoms with Gasteiger partial charge in [-0.25, -0.2) is 0 Å². The Morgan fingerprint density at radius 2 is 0.531 bits per heavy atom. The minimum absolute atomic E-state index is 1.19. The summed E-state index contributed by atoms with van der Waals surface area (Å²) in [4.78, 5) is 5.17. The second-order valence-corrected chi connectivity index (χ2v) is 9.76. The second-order valence-electron chi connectivity index (χ2n) is 9.76. The number of unbranched alkanes of at least 4 members (excludes halogenated alkanes) is 15. The van der Waals surface area contributed by atoms with Crippen molar-refractivity contribution in [2.45, 2.75) is 157 Å². The number of hydrogen-bond donors (Lipinski definition) is 0. The summed E-state index contributed by atoms with van der Waals surface area (Å²) in [5.41, 5.74) is 0. The Balaban J connectivity index is 0. The summed E-state index contributed by atoms with van der Waals surface area (Å²) in [6, 6.07) is 0. The smallest absolute Gasteiger partial charge is 0.00187 e. The van der Waals surface area contributed by atoms with Crippen molar-refractivity contribution < 1.29 is 0 Å². The molecule has 0 aliphatic heterocycles. The summed E-state index contributed by atoms with van der Waals surface area (Å²) in [5.74, 6) is 0. The third-order valence-corrected chi connectivity index (χ3v) is 6.83. The van der Waals surface area contributed by atoms with Gasteiger partial charge in [0.15, 0.2) is 0 Å². The highest BCUT2D eigenvalue weighted by molar-refractivity contribution is 4.60. The molecular formula is C30H66N2. The molecule has 0 saturated carbocycles. The Morgan fingerprint density at radius 3 is 0.750 bits per heavy atom. The molecule has 0 aromatic heterocycles. The summed E-state index contributed by atoms with van der Waals surface area (Å²) < 4.78 is 0. The molecule has 32 heavy (non-hydrogen) atoms. The van der Waals surface area contributed by atoms with E-state index >= 15 is 0 Å². The van der Waals surface area contributed by atoms with Crippen molar-refractivity contribution in [3.05, 3.63) is 0 Å². The van der Waals surface area contributed by atoms with Crippen LogP contribution < -0.4 is 0 Å². The van der Waals surface area contributed by atoms with E-state index in [0.29, 0.717) is 0 Å². The van der Waals surface area contributed by atoms with E-state index in [1.165, 1.54) is 155 Å². The van der Waals surface area contributed by atoms with Crippen LogP contribution in [0.4, 0.5) is 0 Å². The number of nitrogens with zero attached hydrogens (tertiary/aromatic N) is 2. The molecule has 0 aliphatic rings. The van der Waals surface area contributed by atoms with Crippen LogP contribution in [0.15, 0.2) is 0 Å². The molecule has 0 atom stereocenters. The Labute approximate surface area is 206 Å². The van der Waals surface area contributed by atoms with E-state index in [1.54, 1.807) is 0 Å². The van der Waals surface area contributed by atoms with Crippen molar-refractivity contribution in [1.82, 2.24) is 9.80 Å². The molecular weight excluding hydrogens is 388 g/mol. The van der Waals surface area contributed by atoms with Crippen LogP contribution in [0.5, 0.6) is 0 Å². The fourth-order valence-corrected chi connectivity index (χ4v) is 4.35. The zero-order chi connectivity index (χ0) is 24.1. The van der Waals surface area contributed by atoms with Gasteiger partial charge in [0.25, 0.3) is 0 Å². The number of rotatable bonds is 24. The van der Waals surface area contributed by atoms with E-state index in [4.69, 9.17) is 0 Å². The Hall–Kier alpha value is -0.0800. The molecule has 0 aliphatic carbocycles. The molecule has 0 heterocycles. The van der Waals surface area contributed by atoms with Crippen LogP contribution in [0.25, 0.3) is 0 Å². The van der Waals surface area contributed by atoms with Gasteiger partial charge >= 0.3 is 0 Å². The van der Waals surface area contributed by atoms with E-state index in [-0.39, 0.29) is 0 Å². The molecule has 2 heteroatoms. The summed E-state index contributed by atoms with van der Waals surface area (Å²) in [7, 11) is 0. The van der Waals surface area contributed by atoms with Crippen LogP contribution in [-0.4, -0.2) is 49.1 Å². The molecule has 0 amide bonds. The van der Waals surface area contributed by atoms with Gasteiger partial charge in [0.2, 0.25) is 0 Å². The van der Waals surface area contributed by atoms with Crippen LogP contribution in [-0.2, 0) is 0 Å². The molecule has 0 aromatic carbocycles. The zero-order valence-corrected chi connectivity index (χ0v) is 23.9. The van der Waals surface area contributed by atoms with E-state index in [0.717, 1.165) is 0 Å². The first kappa shape index (κ1) is 34.1. The lowest BCUT2D eigenvalue weighted by atomic mass is 10.1. The van der Waals surface area contributed by atoms with E-state index < -0.39 is 0 Å². The SMILES string of the molecule is CCCCCCCCN(CCCCCCCC)CCCCCCCC.CCN(CC)CC. The van der Waals surface area contributed by atoms with Gasteiger partial charge in [0.05, 0.1) is 0 Å². The molecule has 0 bridgehead atoms. The molecule has 0 rings (SSSR count). The highest BCUT2D eigenvalue weighted by atomic mass is 15.1. The van der Waals surface area contributed by atoms with Crippen LogP contribution in [0.1, 0.15) is 157 Å². The van der Waals surface area contributed by atoms with Gasteiger partial charge < -0.3 is 9.80 Å². The topological polar surface area (TPSA) is 6.48 Å². The minimum atomic E-state index is 1.19. The average Bonchev–Trinajstić information content (AvgIpc) is 2.81. The van der Waals surface area contributed by atoms with E-state index in [1.807, 2.05) is 0 Å². The normalized spacial score (nSPS) is 11.2. The maximum Gasteiger partial charge on any atom is -0.00187 e. The molecule has 0 N–H and O–H groups in total. The third-order valence-electron chi connectivity index (χ3n) is 6.83. The Morgan fingerprint density at radius 1 is 0.281 bits per heavy atom. The molecule has 0 radical (unpaired) electrons. The number of hydrogen-bond acceptors (Lipinski definition) is 2. The van der Waals surface area contributed by atoms with E-state index in [2.05, 4.69) is 51.3 Å². The summed E-state index contributed by atoms with van der Waals surface area (Å²) in [6.07, 6.45) is 25.7. The van der Waals surface area contributed by atoms with Crippen molar-refractivity contribution in [2.75, 3.05) is 39.3 Å². The quantitative estimate of drug-likeness (QED) is 0.134. The van der Waals surface area contributed by atoms with Gasteiger partial charge in [-0.15, -0.1) is 0 Å². The second kappa shape index (κ2) is 30.9. The molecule has 0 fully saturated rings.